The molecule has 0 fully saturated rings. The zero-order chi connectivity index (χ0) is 26.8. The zero-order valence-corrected chi connectivity index (χ0v) is 23.2. The Balaban J connectivity index is 1.44. The molecule has 0 spiro atoms. The minimum absolute atomic E-state index is 0.00689. The predicted molar refractivity (Wildman–Crippen MR) is 148 cm³/mol. The summed E-state index contributed by atoms with van der Waals surface area (Å²) in [5.74, 6) is -1.35. The van der Waals surface area contributed by atoms with Crippen molar-refractivity contribution in [3.63, 3.8) is 0 Å². The number of hydrogen-bond donors (Lipinski definition) is 3. The van der Waals surface area contributed by atoms with Crippen LogP contribution in [0.5, 0.6) is 0 Å². The molecule has 3 aromatic carbocycles. The molecule has 196 valence electrons. The summed E-state index contributed by atoms with van der Waals surface area (Å²) >= 11 is 9.24. The highest BCUT2D eigenvalue weighted by Gasteiger charge is 2.25. The van der Waals surface area contributed by atoms with Gasteiger partial charge in [0.25, 0.3) is 0 Å². The van der Waals surface area contributed by atoms with Gasteiger partial charge in [-0.15, -0.1) is 0 Å². The maximum Gasteiger partial charge on any atom is 0.321 e. The van der Waals surface area contributed by atoms with Crippen LogP contribution in [0.15, 0.2) is 82.2 Å². The van der Waals surface area contributed by atoms with E-state index >= 15 is 0 Å². The summed E-state index contributed by atoms with van der Waals surface area (Å²) < 4.78 is 28.8. The number of amides is 1. The first-order chi connectivity index (χ1) is 17.6. The number of nitrogens with one attached hydrogen (secondary N) is 2. The third-order valence-electron chi connectivity index (χ3n) is 5.73. The molecule has 10 heteroatoms. The molecular formula is C27H28BrClN2O5S. The summed E-state index contributed by atoms with van der Waals surface area (Å²) in [6, 6.07) is 19.9. The third-order valence-corrected chi connectivity index (χ3v) is 8.00. The van der Waals surface area contributed by atoms with Crippen LogP contribution in [0, 0.1) is 0 Å². The van der Waals surface area contributed by atoms with Crippen molar-refractivity contribution in [1.82, 2.24) is 10.0 Å². The van der Waals surface area contributed by atoms with E-state index in [9.17, 15) is 23.1 Å². The molecule has 0 bridgehead atoms. The lowest BCUT2D eigenvalue weighted by Crippen LogP contribution is -2.40. The Kier molecular flexibility index (Phi) is 10.7. The van der Waals surface area contributed by atoms with Crippen LogP contribution in [-0.2, 0) is 26.0 Å². The van der Waals surface area contributed by atoms with Gasteiger partial charge in [0.15, 0.2) is 0 Å². The molecular weight excluding hydrogens is 580 g/mol. The molecule has 1 unspecified atom stereocenters. The Hall–Kier alpha value is -2.72. The summed E-state index contributed by atoms with van der Waals surface area (Å²) in [6.45, 7) is 0.385. The number of hydrogen-bond acceptors (Lipinski definition) is 4. The molecule has 3 rings (SSSR count). The first kappa shape index (κ1) is 28.8. The Bertz CT molecular complexity index is 1300. The number of carbonyl (C=O) groups is 2. The van der Waals surface area contributed by atoms with Crippen LogP contribution in [0.3, 0.4) is 0 Å². The third kappa shape index (κ3) is 9.27. The summed E-state index contributed by atoms with van der Waals surface area (Å²) in [5, 5.41) is 13.0. The van der Waals surface area contributed by atoms with Gasteiger partial charge in [0.2, 0.25) is 15.9 Å². The number of halogens is 2. The number of aryl methyl sites for hydroxylation is 1. The lowest BCUT2D eigenvalue weighted by molar-refractivity contribution is -0.139. The molecule has 0 saturated carbocycles. The molecule has 0 aliphatic carbocycles. The molecule has 0 saturated heterocycles. The Morgan fingerprint density at radius 2 is 1.49 bits per heavy atom. The maximum absolute atomic E-state index is 12.8. The minimum Gasteiger partial charge on any atom is -0.480 e. The van der Waals surface area contributed by atoms with E-state index in [4.69, 9.17) is 11.6 Å². The minimum atomic E-state index is -4.02. The first-order valence-corrected chi connectivity index (χ1v) is 14.4. The van der Waals surface area contributed by atoms with Crippen molar-refractivity contribution in [3.05, 3.63) is 87.9 Å². The highest BCUT2D eigenvalue weighted by molar-refractivity contribution is 9.10. The maximum atomic E-state index is 12.8. The predicted octanol–water partition coefficient (Wildman–Crippen LogP) is 5.42. The molecule has 37 heavy (non-hydrogen) atoms. The van der Waals surface area contributed by atoms with E-state index in [0.29, 0.717) is 37.3 Å². The fourth-order valence-electron chi connectivity index (χ4n) is 3.66. The Morgan fingerprint density at radius 3 is 2.08 bits per heavy atom. The summed E-state index contributed by atoms with van der Waals surface area (Å²) in [4.78, 5) is 23.7. The second kappa shape index (κ2) is 13.7. The molecule has 3 N–H and O–H groups in total. The number of aliphatic carboxylic acids is 1. The van der Waals surface area contributed by atoms with Crippen LogP contribution in [0.25, 0.3) is 11.1 Å². The second-order valence-corrected chi connectivity index (χ2v) is 11.6. The number of unbranched alkanes of at least 4 members (excludes halogenated alkanes) is 1. The lowest BCUT2D eigenvalue weighted by atomic mass is 10.1. The monoisotopic (exact) mass is 606 g/mol. The van der Waals surface area contributed by atoms with Crippen LogP contribution in [-0.4, -0.2) is 38.0 Å². The number of rotatable bonds is 13. The van der Waals surface area contributed by atoms with E-state index in [2.05, 4.69) is 26.0 Å². The molecule has 0 aromatic heterocycles. The highest BCUT2D eigenvalue weighted by atomic mass is 79.9. The van der Waals surface area contributed by atoms with Crippen LogP contribution >= 0.6 is 27.5 Å². The van der Waals surface area contributed by atoms with E-state index in [0.717, 1.165) is 21.2 Å². The van der Waals surface area contributed by atoms with Gasteiger partial charge in [0.05, 0.1) is 4.90 Å². The van der Waals surface area contributed by atoms with Gasteiger partial charge in [-0.1, -0.05) is 63.9 Å². The Labute approximate surface area is 230 Å². The summed E-state index contributed by atoms with van der Waals surface area (Å²) in [6.07, 6.45) is 1.99. The van der Waals surface area contributed by atoms with Gasteiger partial charge >= 0.3 is 5.97 Å². The normalized spacial score (nSPS) is 12.2. The Morgan fingerprint density at radius 1 is 0.892 bits per heavy atom. The van der Waals surface area contributed by atoms with Gasteiger partial charge in [-0.05, 0) is 78.8 Å². The molecule has 0 aliphatic rings. The topological polar surface area (TPSA) is 113 Å². The van der Waals surface area contributed by atoms with Crippen molar-refractivity contribution in [3.8, 4) is 11.1 Å². The van der Waals surface area contributed by atoms with E-state index < -0.39 is 22.0 Å². The number of carboxylic acid groups (broad SMARTS) is 1. The standard InChI is InChI=1S/C27H28BrClN2O5S/c28-22-11-7-20(8-12-22)21-9-15-24(16-10-21)37(35,36)31-25(27(33)34)3-1-2-18-30-26(32)17-6-19-4-13-23(29)14-5-19/h4-5,7-16,25,31H,1-3,6,17-18H2,(H,30,32)(H,33,34). The number of benzene rings is 3. The van der Waals surface area contributed by atoms with E-state index in [1.165, 1.54) is 12.1 Å². The van der Waals surface area contributed by atoms with Crippen LogP contribution in [0.4, 0.5) is 0 Å². The number of sulfonamides is 1. The van der Waals surface area contributed by atoms with Crippen molar-refractivity contribution in [1.29, 1.82) is 0 Å². The summed E-state index contributed by atoms with van der Waals surface area (Å²) in [5.41, 5.74) is 2.79. The van der Waals surface area contributed by atoms with Gasteiger partial charge in [0.1, 0.15) is 6.04 Å². The van der Waals surface area contributed by atoms with Gasteiger partial charge in [-0.3, -0.25) is 9.59 Å². The molecule has 0 radical (unpaired) electrons. The first-order valence-electron chi connectivity index (χ1n) is 11.8. The van der Waals surface area contributed by atoms with E-state index in [1.54, 1.807) is 24.3 Å². The lowest BCUT2D eigenvalue weighted by Gasteiger charge is -2.15. The smallest absolute Gasteiger partial charge is 0.321 e. The number of carbonyl (C=O) groups excluding carboxylic acids is 1. The highest BCUT2D eigenvalue weighted by Crippen LogP contribution is 2.23. The number of carboxylic acids is 1. The van der Waals surface area contributed by atoms with Crippen molar-refractivity contribution in [2.75, 3.05) is 6.54 Å². The second-order valence-electron chi connectivity index (χ2n) is 8.52. The van der Waals surface area contributed by atoms with Gasteiger partial charge < -0.3 is 10.4 Å². The van der Waals surface area contributed by atoms with Gasteiger partial charge in [-0.25, -0.2) is 8.42 Å². The van der Waals surface area contributed by atoms with Gasteiger partial charge in [-0.2, -0.15) is 4.72 Å². The summed E-state index contributed by atoms with van der Waals surface area (Å²) in [7, 11) is -4.02. The van der Waals surface area contributed by atoms with Crippen LogP contribution in [0.1, 0.15) is 31.2 Å². The molecule has 1 atom stereocenters. The fourth-order valence-corrected chi connectivity index (χ4v) is 5.27. The van der Waals surface area contributed by atoms with E-state index in [1.807, 2.05) is 36.4 Å². The molecule has 0 aliphatic heterocycles. The quantitative estimate of drug-likeness (QED) is 0.225. The van der Waals surface area contributed by atoms with Gasteiger partial charge in [0, 0.05) is 22.5 Å². The zero-order valence-electron chi connectivity index (χ0n) is 20.0. The molecule has 3 aromatic rings. The van der Waals surface area contributed by atoms with Crippen LogP contribution < -0.4 is 10.0 Å². The van der Waals surface area contributed by atoms with Crippen molar-refractivity contribution < 1.29 is 23.1 Å². The largest absolute Gasteiger partial charge is 0.480 e. The van der Waals surface area contributed by atoms with E-state index in [-0.39, 0.29) is 17.2 Å². The SMILES string of the molecule is O=C(CCc1ccc(Cl)cc1)NCCCCC(NS(=O)(=O)c1ccc(-c2ccc(Br)cc2)cc1)C(=O)O. The average Bonchev–Trinajstić information content (AvgIpc) is 2.88. The molecule has 0 heterocycles. The van der Waals surface area contributed by atoms with Crippen molar-refractivity contribution >= 4 is 49.4 Å². The molecule has 7 nitrogen and oxygen atoms in total. The van der Waals surface area contributed by atoms with Crippen molar-refractivity contribution in [2.45, 2.75) is 43.0 Å². The average molecular weight is 608 g/mol. The van der Waals surface area contributed by atoms with Crippen molar-refractivity contribution in [2.24, 2.45) is 0 Å². The van der Waals surface area contributed by atoms with Crippen LogP contribution in [0.2, 0.25) is 5.02 Å². The fraction of sp³-hybridized carbons (Fsp3) is 0.259. The molecule has 1 amide bonds.